The van der Waals surface area contributed by atoms with E-state index < -0.39 is 11.5 Å². The predicted molar refractivity (Wildman–Crippen MR) is 67.9 cm³/mol. The van der Waals surface area contributed by atoms with Crippen LogP contribution in [0.3, 0.4) is 0 Å². The van der Waals surface area contributed by atoms with E-state index in [1.54, 1.807) is 38.1 Å². The van der Waals surface area contributed by atoms with Gasteiger partial charge in [-0.3, -0.25) is 19.3 Å². The fourth-order valence-electron chi connectivity index (χ4n) is 2.26. The zero-order valence-electron chi connectivity index (χ0n) is 10.8. The van der Waals surface area contributed by atoms with E-state index in [4.69, 9.17) is 5.11 Å². The van der Waals surface area contributed by atoms with Crippen molar-refractivity contribution in [3.8, 4) is 0 Å². The summed E-state index contributed by atoms with van der Waals surface area (Å²) in [6.45, 7) is 3.41. The number of carboxylic acids is 1. The molecule has 0 bridgehead atoms. The summed E-state index contributed by atoms with van der Waals surface area (Å²) in [5.41, 5.74) is -0.0437. The molecule has 2 amide bonds. The molecular formula is C14H15NO4. The first kappa shape index (κ1) is 13.3. The summed E-state index contributed by atoms with van der Waals surface area (Å²) in [4.78, 5) is 36.3. The molecule has 1 aliphatic rings. The highest BCUT2D eigenvalue weighted by Gasteiger charge is 2.43. The molecule has 0 atom stereocenters. The minimum Gasteiger partial charge on any atom is -0.481 e. The smallest absolute Gasteiger partial charge is 0.303 e. The quantitative estimate of drug-likeness (QED) is 0.840. The Balaban J connectivity index is 2.31. The minimum absolute atomic E-state index is 0.0829. The van der Waals surface area contributed by atoms with E-state index in [0.29, 0.717) is 11.1 Å². The SMILES string of the molecule is CC(C)(CCC(=O)O)N1C(=O)c2ccccc2C1=O. The summed E-state index contributed by atoms with van der Waals surface area (Å²) in [6.07, 6.45) is 0.147. The maximum atomic E-state index is 12.3. The molecule has 2 rings (SSSR count). The largest absolute Gasteiger partial charge is 0.481 e. The van der Waals surface area contributed by atoms with Gasteiger partial charge >= 0.3 is 5.97 Å². The van der Waals surface area contributed by atoms with Gasteiger partial charge in [0, 0.05) is 12.0 Å². The fourth-order valence-corrected chi connectivity index (χ4v) is 2.26. The van der Waals surface area contributed by atoms with Crippen molar-refractivity contribution in [3.63, 3.8) is 0 Å². The van der Waals surface area contributed by atoms with Crippen LogP contribution in [0.5, 0.6) is 0 Å². The lowest BCUT2D eigenvalue weighted by Gasteiger charge is -2.33. The van der Waals surface area contributed by atoms with E-state index in [1.165, 1.54) is 4.90 Å². The first-order valence-electron chi connectivity index (χ1n) is 6.04. The third-order valence-electron chi connectivity index (χ3n) is 3.35. The average molecular weight is 261 g/mol. The summed E-state index contributed by atoms with van der Waals surface area (Å²) < 4.78 is 0. The van der Waals surface area contributed by atoms with Crippen molar-refractivity contribution in [1.29, 1.82) is 0 Å². The zero-order valence-corrected chi connectivity index (χ0v) is 10.8. The number of nitrogens with zero attached hydrogens (tertiary/aromatic N) is 1. The number of benzene rings is 1. The highest BCUT2D eigenvalue weighted by molar-refractivity contribution is 6.21. The third kappa shape index (κ3) is 2.23. The first-order valence-corrected chi connectivity index (χ1v) is 6.04. The van der Waals surface area contributed by atoms with Crippen LogP contribution in [0, 0.1) is 0 Å². The van der Waals surface area contributed by atoms with Gasteiger partial charge in [-0.2, -0.15) is 0 Å². The molecule has 0 aromatic heterocycles. The number of fused-ring (bicyclic) bond motifs is 1. The third-order valence-corrected chi connectivity index (χ3v) is 3.35. The summed E-state index contributed by atoms with van der Waals surface area (Å²) in [5.74, 6) is -1.64. The van der Waals surface area contributed by atoms with Crippen LogP contribution < -0.4 is 0 Å². The van der Waals surface area contributed by atoms with Gasteiger partial charge < -0.3 is 5.11 Å². The van der Waals surface area contributed by atoms with Crippen LogP contribution in [-0.2, 0) is 4.79 Å². The molecule has 1 aromatic rings. The van der Waals surface area contributed by atoms with Gasteiger partial charge in [0.1, 0.15) is 0 Å². The summed E-state index contributed by atoms with van der Waals surface area (Å²) in [5, 5.41) is 8.74. The molecule has 5 heteroatoms. The molecule has 0 saturated carbocycles. The van der Waals surface area contributed by atoms with E-state index in [0.717, 1.165) is 0 Å². The Morgan fingerprint density at radius 2 is 1.63 bits per heavy atom. The number of amides is 2. The molecule has 5 nitrogen and oxygen atoms in total. The second-order valence-electron chi connectivity index (χ2n) is 5.20. The van der Waals surface area contributed by atoms with E-state index in [2.05, 4.69) is 0 Å². The van der Waals surface area contributed by atoms with Crippen molar-refractivity contribution in [2.24, 2.45) is 0 Å². The lowest BCUT2D eigenvalue weighted by Crippen LogP contribution is -2.47. The second-order valence-corrected chi connectivity index (χ2v) is 5.20. The van der Waals surface area contributed by atoms with E-state index >= 15 is 0 Å². The van der Waals surface area contributed by atoms with Gasteiger partial charge in [-0.15, -0.1) is 0 Å². The normalized spacial score (nSPS) is 14.7. The van der Waals surface area contributed by atoms with E-state index in [9.17, 15) is 14.4 Å². The molecule has 0 fully saturated rings. The number of imide groups is 1. The number of carbonyl (C=O) groups excluding carboxylic acids is 2. The lowest BCUT2D eigenvalue weighted by molar-refractivity contribution is -0.137. The van der Waals surface area contributed by atoms with Crippen molar-refractivity contribution < 1.29 is 19.5 Å². The van der Waals surface area contributed by atoms with Gasteiger partial charge in [0.2, 0.25) is 0 Å². The molecule has 1 aromatic carbocycles. The Morgan fingerprint density at radius 3 is 2.05 bits per heavy atom. The lowest BCUT2D eigenvalue weighted by atomic mass is 9.96. The topological polar surface area (TPSA) is 74.7 Å². The highest BCUT2D eigenvalue weighted by Crippen LogP contribution is 2.31. The maximum Gasteiger partial charge on any atom is 0.303 e. The van der Waals surface area contributed by atoms with Crippen LogP contribution >= 0.6 is 0 Å². The van der Waals surface area contributed by atoms with E-state index in [1.807, 2.05) is 0 Å². The summed E-state index contributed by atoms with van der Waals surface area (Å²) >= 11 is 0. The maximum absolute atomic E-state index is 12.3. The molecule has 100 valence electrons. The van der Waals surface area contributed by atoms with Crippen LogP contribution in [0.25, 0.3) is 0 Å². The monoisotopic (exact) mass is 261 g/mol. The Morgan fingerprint density at radius 1 is 1.16 bits per heavy atom. The predicted octanol–water partition coefficient (Wildman–Crippen LogP) is 1.93. The average Bonchev–Trinajstić information content (AvgIpc) is 2.61. The molecule has 19 heavy (non-hydrogen) atoms. The zero-order chi connectivity index (χ0) is 14.2. The molecule has 0 unspecified atom stereocenters. The Bertz CT molecular complexity index is 527. The van der Waals surface area contributed by atoms with Crippen LogP contribution in [0.15, 0.2) is 24.3 Å². The standard InChI is InChI=1S/C14H15NO4/c1-14(2,8-7-11(16)17)15-12(18)9-5-3-4-6-10(9)13(15)19/h3-6H,7-8H2,1-2H3,(H,16,17). The summed E-state index contributed by atoms with van der Waals surface area (Å²) in [7, 11) is 0. The van der Waals surface area contributed by atoms with Crippen LogP contribution in [0.4, 0.5) is 0 Å². The number of rotatable bonds is 4. The molecule has 0 saturated heterocycles. The van der Waals surface area contributed by atoms with Crippen molar-refractivity contribution in [1.82, 2.24) is 4.90 Å². The number of aliphatic carboxylic acids is 1. The van der Waals surface area contributed by atoms with Gasteiger partial charge in [-0.25, -0.2) is 0 Å². The van der Waals surface area contributed by atoms with Crippen molar-refractivity contribution >= 4 is 17.8 Å². The Labute approximate surface area is 110 Å². The number of hydrogen-bond donors (Lipinski definition) is 1. The number of hydrogen-bond acceptors (Lipinski definition) is 3. The van der Waals surface area contributed by atoms with Crippen LogP contribution in [0.2, 0.25) is 0 Å². The minimum atomic E-state index is -0.940. The van der Waals surface area contributed by atoms with Gasteiger partial charge in [0.15, 0.2) is 0 Å². The summed E-state index contributed by atoms with van der Waals surface area (Å²) in [6, 6.07) is 6.64. The fraction of sp³-hybridized carbons (Fsp3) is 0.357. The number of carboxylic acid groups (broad SMARTS) is 1. The molecule has 1 N–H and O–H groups in total. The highest BCUT2D eigenvalue weighted by atomic mass is 16.4. The Kier molecular flexibility index (Phi) is 3.14. The van der Waals surface area contributed by atoms with Gasteiger partial charge in [-0.05, 0) is 32.4 Å². The molecule has 1 heterocycles. The Hall–Kier alpha value is -2.17. The first-order chi connectivity index (χ1) is 8.84. The van der Waals surface area contributed by atoms with Crippen molar-refractivity contribution in [2.75, 3.05) is 0 Å². The van der Waals surface area contributed by atoms with Gasteiger partial charge in [-0.1, -0.05) is 12.1 Å². The van der Waals surface area contributed by atoms with Crippen LogP contribution in [0.1, 0.15) is 47.4 Å². The van der Waals surface area contributed by atoms with Crippen molar-refractivity contribution in [3.05, 3.63) is 35.4 Å². The second kappa shape index (κ2) is 4.50. The van der Waals surface area contributed by atoms with Crippen molar-refractivity contribution in [2.45, 2.75) is 32.2 Å². The molecule has 0 spiro atoms. The van der Waals surface area contributed by atoms with Gasteiger partial charge in [0.25, 0.3) is 11.8 Å². The van der Waals surface area contributed by atoms with Crippen LogP contribution in [-0.4, -0.2) is 33.3 Å². The molecule has 0 aliphatic carbocycles. The van der Waals surface area contributed by atoms with Gasteiger partial charge in [0.05, 0.1) is 11.1 Å². The molecule has 1 aliphatic heterocycles. The number of carbonyl (C=O) groups is 3. The van der Waals surface area contributed by atoms with E-state index in [-0.39, 0.29) is 24.7 Å². The molecule has 0 radical (unpaired) electrons. The molecular weight excluding hydrogens is 246 g/mol.